The van der Waals surface area contributed by atoms with Crippen molar-refractivity contribution in [2.75, 3.05) is 13.1 Å². The number of rotatable bonds is 9. The Bertz CT molecular complexity index is 1300. The molecule has 0 bridgehead atoms. The Morgan fingerprint density at radius 2 is 1.92 bits per heavy atom. The zero-order chi connectivity index (χ0) is 28.1. The first-order valence-electron chi connectivity index (χ1n) is 13.2. The molecule has 12 heteroatoms. The second-order valence-corrected chi connectivity index (χ2v) is 10.9. The number of aromatic nitrogens is 2. The van der Waals surface area contributed by atoms with E-state index in [2.05, 4.69) is 39.7 Å². The number of hydrogen-bond acceptors (Lipinski definition) is 7. The predicted octanol–water partition coefficient (Wildman–Crippen LogP) is 3.02. The summed E-state index contributed by atoms with van der Waals surface area (Å²) in [5.74, 6) is -1.46. The van der Waals surface area contributed by atoms with Crippen molar-refractivity contribution >= 4 is 40.3 Å². The molecule has 1 aromatic heterocycles. The van der Waals surface area contributed by atoms with E-state index in [9.17, 15) is 29.2 Å². The number of β-amino-alcohol motifs (C(OH)–C–C–N with tert-alkyl or cyclic N) is 1. The third kappa shape index (κ3) is 6.60. The average Bonchev–Trinajstić information content (AvgIpc) is 3.35. The van der Waals surface area contributed by atoms with Gasteiger partial charge >= 0.3 is 0 Å². The molecule has 11 nitrogen and oxygen atoms in total. The summed E-state index contributed by atoms with van der Waals surface area (Å²) in [6, 6.07) is 6.97. The number of H-pyrrole nitrogens is 1. The lowest BCUT2D eigenvalue weighted by Crippen LogP contribution is -2.50. The van der Waals surface area contributed by atoms with Crippen LogP contribution in [-0.2, 0) is 25.4 Å². The van der Waals surface area contributed by atoms with Gasteiger partial charge in [-0.25, -0.2) is 4.98 Å². The van der Waals surface area contributed by atoms with E-state index in [4.69, 9.17) is 4.98 Å². The van der Waals surface area contributed by atoms with Crippen molar-refractivity contribution in [2.24, 2.45) is 5.18 Å². The van der Waals surface area contributed by atoms with Crippen LogP contribution in [0.5, 0.6) is 0 Å². The number of aliphatic hydroxyl groups excluding tert-OH is 1. The molecule has 4 rings (SSSR count). The number of benzene rings is 1. The molecule has 3 atom stereocenters. The fourth-order valence-corrected chi connectivity index (χ4v) is 5.79. The molecule has 2 aliphatic rings. The van der Waals surface area contributed by atoms with Gasteiger partial charge in [-0.1, -0.05) is 66.6 Å². The van der Waals surface area contributed by atoms with Gasteiger partial charge in [0.25, 0.3) is 11.5 Å². The molecule has 208 valence electrons. The van der Waals surface area contributed by atoms with Crippen molar-refractivity contribution in [3.63, 3.8) is 0 Å². The number of nitrogens with zero attached hydrogens (tertiary/aromatic N) is 4. The van der Waals surface area contributed by atoms with E-state index in [1.54, 1.807) is 4.90 Å². The van der Waals surface area contributed by atoms with Gasteiger partial charge in [-0.3, -0.25) is 19.2 Å². The maximum atomic E-state index is 13.7. The molecule has 1 saturated heterocycles. The summed E-state index contributed by atoms with van der Waals surface area (Å²) in [6.45, 7) is 2.43. The number of hydrogen-bond donors (Lipinski definition) is 2. The summed E-state index contributed by atoms with van der Waals surface area (Å²) in [6.07, 6.45) is 1.14. The summed E-state index contributed by atoms with van der Waals surface area (Å²) in [5, 5.41) is 12.6. The molecule has 2 N–H and O–H groups in total. The summed E-state index contributed by atoms with van der Waals surface area (Å²) < 4.78 is 0.879. The molecule has 1 aromatic carbocycles. The van der Waals surface area contributed by atoms with Crippen molar-refractivity contribution in [3.05, 3.63) is 56.3 Å². The lowest BCUT2D eigenvalue weighted by atomic mass is 9.90. The van der Waals surface area contributed by atoms with Gasteiger partial charge in [0.15, 0.2) is 0 Å². The summed E-state index contributed by atoms with van der Waals surface area (Å²) in [4.78, 5) is 72.0. The van der Waals surface area contributed by atoms with Crippen LogP contribution in [0, 0.1) is 4.91 Å². The number of carbonyl (C=O) groups is 3. The van der Waals surface area contributed by atoms with Crippen molar-refractivity contribution in [2.45, 2.75) is 74.5 Å². The van der Waals surface area contributed by atoms with E-state index in [1.807, 2.05) is 24.3 Å². The second-order valence-electron chi connectivity index (χ2n) is 10.1. The molecule has 39 heavy (non-hydrogen) atoms. The van der Waals surface area contributed by atoms with E-state index in [0.717, 1.165) is 29.3 Å². The van der Waals surface area contributed by atoms with Crippen LogP contribution < -0.4 is 5.56 Å². The summed E-state index contributed by atoms with van der Waals surface area (Å²) in [7, 11) is 0. The van der Waals surface area contributed by atoms with Crippen molar-refractivity contribution < 1.29 is 19.5 Å². The summed E-state index contributed by atoms with van der Waals surface area (Å²) >= 11 is 2.29. The van der Waals surface area contributed by atoms with Gasteiger partial charge < -0.3 is 19.9 Å². The highest BCUT2D eigenvalue weighted by atomic mass is 127. The summed E-state index contributed by atoms with van der Waals surface area (Å²) in [5.41, 5.74) is 2.82. The van der Waals surface area contributed by atoms with Crippen molar-refractivity contribution in [1.82, 2.24) is 19.8 Å². The molecule has 3 heterocycles. The Kier molecular flexibility index (Phi) is 9.59. The number of nitroso groups, excluding NO2 is 1. The number of likely N-dealkylation sites (tertiary alicyclic amines) is 1. The monoisotopic (exact) mass is 649 g/mol. The first-order chi connectivity index (χ1) is 18.7. The number of unbranched alkanes of at least 4 members (excludes halogenated alkanes) is 1. The zero-order valence-corrected chi connectivity index (χ0v) is 23.9. The highest BCUT2D eigenvalue weighted by molar-refractivity contribution is 14.1. The molecule has 0 saturated carbocycles. The van der Waals surface area contributed by atoms with Crippen LogP contribution in [0.4, 0.5) is 0 Å². The maximum absolute atomic E-state index is 13.7. The topological polar surface area (TPSA) is 153 Å². The van der Waals surface area contributed by atoms with Gasteiger partial charge in [0.2, 0.25) is 11.8 Å². The Morgan fingerprint density at radius 1 is 1.18 bits per heavy atom. The normalized spacial score (nSPS) is 20.5. The largest absolute Gasteiger partial charge is 0.391 e. The number of fused-ring (bicyclic) bond motifs is 1. The van der Waals surface area contributed by atoms with E-state index in [1.165, 1.54) is 10.5 Å². The molecule has 3 amide bonds. The number of carbonyl (C=O) groups excluding carboxylic acids is 3. The zero-order valence-electron chi connectivity index (χ0n) is 21.8. The van der Waals surface area contributed by atoms with Gasteiger partial charge in [0, 0.05) is 53.4 Å². The highest BCUT2D eigenvalue weighted by Gasteiger charge is 2.42. The second kappa shape index (κ2) is 12.9. The van der Waals surface area contributed by atoms with Crippen molar-refractivity contribution in [3.8, 4) is 11.4 Å². The molecular weight excluding hydrogens is 617 g/mol. The van der Waals surface area contributed by atoms with E-state index >= 15 is 0 Å². The lowest BCUT2D eigenvalue weighted by Gasteiger charge is -2.36. The van der Waals surface area contributed by atoms with Gasteiger partial charge in [-0.15, -0.1) is 4.91 Å². The minimum absolute atomic E-state index is 0.0382. The fraction of sp³-hybridized carbons (Fsp3) is 0.519. The molecule has 2 aromatic rings. The molecule has 0 radical (unpaired) electrons. The Balaban J connectivity index is 1.60. The first-order valence-corrected chi connectivity index (χ1v) is 14.7. The Morgan fingerprint density at radius 3 is 2.59 bits per heavy atom. The standard InChI is InChI=1S/C27H32IN5O6/c1-2-3-4-18-13-32(27(38)21-11-19(34)14-33(21)23(36)10-9-22(35)31-39)15-20-24(18)29-25(30-26(20)37)17-7-5-16(12-28)6-8-17/h5-8,18-19,21,34H,2-4,9-15H2,1H3,(H,29,30,37)/t18?,19-,21+/m1/s1. The number of aliphatic hydroxyl groups is 1. The smallest absolute Gasteiger partial charge is 0.286 e. The molecule has 0 spiro atoms. The third-order valence-electron chi connectivity index (χ3n) is 7.36. The number of aromatic amines is 1. The number of nitrogens with one attached hydrogen (secondary N) is 1. The maximum Gasteiger partial charge on any atom is 0.286 e. The van der Waals surface area contributed by atoms with Gasteiger partial charge in [0.05, 0.1) is 23.9 Å². The van der Waals surface area contributed by atoms with Gasteiger partial charge in [-0.05, 0) is 12.0 Å². The number of alkyl halides is 1. The van der Waals surface area contributed by atoms with Crippen LogP contribution in [0.2, 0.25) is 0 Å². The number of halogens is 1. The van der Waals surface area contributed by atoms with Gasteiger partial charge in [0.1, 0.15) is 11.9 Å². The lowest BCUT2D eigenvalue weighted by molar-refractivity contribution is -0.145. The van der Waals surface area contributed by atoms with Crippen molar-refractivity contribution in [1.29, 1.82) is 0 Å². The average molecular weight is 649 g/mol. The Hall–Kier alpha value is -3.00. The van der Waals surface area contributed by atoms with Crippen LogP contribution >= 0.6 is 22.6 Å². The van der Waals surface area contributed by atoms with Crippen LogP contribution in [0.15, 0.2) is 34.2 Å². The quantitative estimate of drug-likeness (QED) is 0.241. The molecule has 1 fully saturated rings. The van der Waals surface area contributed by atoms with E-state index < -0.39 is 24.0 Å². The van der Waals surface area contributed by atoms with Crippen LogP contribution in [0.1, 0.15) is 68.2 Å². The van der Waals surface area contributed by atoms with E-state index in [-0.39, 0.29) is 49.7 Å². The number of amides is 3. The first kappa shape index (κ1) is 29.0. The molecule has 1 unspecified atom stereocenters. The Labute approximate surface area is 239 Å². The minimum Gasteiger partial charge on any atom is -0.391 e. The van der Waals surface area contributed by atoms with E-state index in [0.29, 0.717) is 23.6 Å². The minimum atomic E-state index is -0.940. The highest BCUT2D eigenvalue weighted by Crippen LogP contribution is 2.32. The van der Waals surface area contributed by atoms with Gasteiger partial charge in [-0.2, -0.15) is 0 Å². The van der Waals surface area contributed by atoms with Crippen LogP contribution in [-0.4, -0.2) is 67.8 Å². The van der Waals surface area contributed by atoms with Crippen LogP contribution in [0.25, 0.3) is 11.4 Å². The fourth-order valence-electron chi connectivity index (χ4n) is 5.29. The SMILES string of the molecule is CCCCC1CN(C(=O)[C@@H]2C[C@@H](O)CN2C(=O)CCC(=O)N=O)Cc2c1nc(-c1ccc(CI)cc1)[nH]c2=O. The molecule has 0 aliphatic carbocycles. The molecule has 2 aliphatic heterocycles. The third-order valence-corrected chi connectivity index (χ3v) is 8.24. The predicted molar refractivity (Wildman–Crippen MR) is 152 cm³/mol. The molecular formula is C27H32IN5O6. The van der Waals surface area contributed by atoms with Crippen LogP contribution in [0.3, 0.4) is 0 Å².